The molecule has 94 valence electrons. The maximum Gasteiger partial charge on any atom is 0.333 e. The molecule has 1 unspecified atom stereocenters. The third-order valence-corrected chi connectivity index (χ3v) is 5.13. The number of aliphatic hydroxyl groups excluding tert-OH is 1. The molecule has 16 heavy (non-hydrogen) atoms. The molecule has 1 atom stereocenters. The Kier molecular flexibility index (Phi) is 11.2. The van der Waals surface area contributed by atoms with Crippen molar-refractivity contribution in [2.24, 2.45) is 0 Å². The molecule has 2 radical (unpaired) electrons. The summed E-state index contributed by atoms with van der Waals surface area (Å²) >= 11 is 0.0389. The summed E-state index contributed by atoms with van der Waals surface area (Å²) < 4.78 is 2.09. The van der Waals surface area contributed by atoms with E-state index in [-0.39, 0.29) is 21.1 Å². The molecule has 0 amide bonds. The van der Waals surface area contributed by atoms with E-state index in [1.807, 2.05) is 0 Å². The normalized spacial score (nSPS) is 11.9. The van der Waals surface area contributed by atoms with Gasteiger partial charge in [0, 0.05) is 0 Å². The predicted octanol–water partition coefficient (Wildman–Crippen LogP) is 1.25. The molecule has 5 nitrogen and oxygen atoms in total. The molecule has 0 heterocycles. The first-order valence-electron chi connectivity index (χ1n) is 5.05. The van der Waals surface area contributed by atoms with Gasteiger partial charge in [-0.1, -0.05) is 0 Å². The van der Waals surface area contributed by atoms with Crippen LogP contribution in [-0.2, 0) is 9.59 Å². The van der Waals surface area contributed by atoms with Gasteiger partial charge >= 0.3 is 68.6 Å². The fraction of sp³-hybridized carbons (Fsp3) is 0.800. The summed E-state index contributed by atoms with van der Waals surface area (Å²) in [7, 11) is 0. The zero-order chi connectivity index (χ0) is 13.3. The minimum absolute atomic E-state index is 0.0389. The number of aliphatic carboxylic acids is 2. The van der Waals surface area contributed by atoms with Crippen molar-refractivity contribution >= 4 is 33.1 Å². The molecular formula is C10H20O5Sn. The number of hydrogen-bond donors (Lipinski definition) is 3. The number of rotatable bonds is 5. The van der Waals surface area contributed by atoms with Gasteiger partial charge in [-0.15, -0.1) is 0 Å². The van der Waals surface area contributed by atoms with Crippen molar-refractivity contribution in [3.05, 3.63) is 0 Å². The summed E-state index contributed by atoms with van der Waals surface area (Å²) in [6.07, 6.45) is -2.54. The SMILES string of the molecule is C[CH](C)[Sn][CH](C)C.O=C(O)CC(O)C(=O)O. The van der Waals surface area contributed by atoms with E-state index in [0.717, 1.165) is 7.87 Å². The van der Waals surface area contributed by atoms with Gasteiger partial charge in [-0.25, -0.2) is 4.79 Å². The van der Waals surface area contributed by atoms with Crippen molar-refractivity contribution in [2.45, 2.75) is 48.1 Å². The van der Waals surface area contributed by atoms with E-state index in [9.17, 15) is 9.59 Å². The van der Waals surface area contributed by atoms with Crippen LogP contribution >= 0.6 is 0 Å². The second kappa shape index (κ2) is 9.89. The Balaban J connectivity index is 0. The Morgan fingerprint density at radius 2 is 1.44 bits per heavy atom. The van der Waals surface area contributed by atoms with E-state index in [0.29, 0.717) is 0 Å². The summed E-state index contributed by atoms with van der Waals surface area (Å²) in [5, 5.41) is 24.1. The summed E-state index contributed by atoms with van der Waals surface area (Å²) in [6, 6.07) is 0. The molecule has 0 aliphatic heterocycles. The molecule has 6 heteroatoms. The molecule has 0 rings (SSSR count). The van der Waals surface area contributed by atoms with Crippen LogP contribution in [0.1, 0.15) is 34.1 Å². The first kappa shape index (κ1) is 18.1. The average Bonchev–Trinajstić information content (AvgIpc) is 2.00. The Hall–Kier alpha value is -0.301. The van der Waals surface area contributed by atoms with Crippen LogP contribution in [-0.4, -0.2) is 54.5 Å². The smallest absolute Gasteiger partial charge is 0.333 e. The van der Waals surface area contributed by atoms with Crippen LogP contribution in [0.4, 0.5) is 0 Å². The van der Waals surface area contributed by atoms with Crippen LogP contribution in [0.5, 0.6) is 0 Å². The minimum Gasteiger partial charge on any atom is -0.481 e. The molecule has 3 N–H and O–H groups in total. The van der Waals surface area contributed by atoms with Crippen LogP contribution in [0.3, 0.4) is 0 Å². The van der Waals surface area contributed by atoms with Gasteiger partial charge in [-0.05, 0) is 0 Å². The van der Waals surface area contributed by atoms with Gasteiger partial charge in [0.05, 0.1) is 6.42 Å². The van der Waals surface area contributed by atoms with Crippen molar-refractivity contribution in [3.63, 3.8) is 0 Å². The first-order chi connectivity index (χ1) is 7.16. The largest absolute Gasteiger partial charge is 0.481 e. The van der Waals surface area contributed by atoms with Crippen molar-refractivity contribution in [2.75, 3.05) is 0 Å². The van der Waals surface area contributed by atoms with Crippen LogP contribution in [0.2, 0.25) is 7.87 Å². The van der Waals surface area contributed by atoms with Gasteiger partial charge in [0.25, 0.3) is 0 Å². The molecule has 0 saturated heterocycles. The van der Waals surface area contributed by atoms with E-state index in [4.69, 9.17) is 15.3 Å². The van der Waals surface area contributed by atoms with Gasteiger partial charge in [0.2, 0.25) is 0 Å². The first-order valence-corrected chi connectivity index (χ1v) is 8.35. The van der Waals surface area contributed by atoms with Gasteiger partial charge in [0.15, 0.2) is 6.10 Å². The van der Waals surface area contributed by atoms with Crippen LogP contribution in [0, 0.1) is 0 Å². The van der Waals surface area contributed by atoms with Crippen molar-refractivity contribution in [3.8, 4) is 0 Å². The standard InChI is InChI=1S/C4H6O5.2C3H7.Sn/c5-2(4(8)9)1-3(6)7;2*1-3-2;/h2,5H,1H2,(H,6,7)(H,8,9);2*3H,1-2H3;. The number of hydrogen-bond acceptors (Lipinski definition) is 3. The van der Waals surface area contributed by atoms with E-state index < -0.39 is 24.5 Å². The third-order valence-electron chi connectivity index (χ3n) is 1.32. The number of carbonyl (C=O) groups is 2. The molecular weight excluding hydrogens is 319 g/mol. The summed E-state index contributed by atoms with van der Waals surface area (Å²) in [5.74, 6) is -2.85. The summed E-state index contributed by atoms with van der Waals surface area (Å²) in [6.45, 7) is 9.36. The fourth-order valence-electron chi connectivity index (χ4n) is 0.919. The quantitative estimate of drug-likeness (QED) is 0.656. The summed E-state index contributed by atoms with van der Waals surface area (Å²) in [4.78, 5) is 19.4. The van der Waals surface area contributed by atoms with E-state index in [2.05, 4.69) is 27.7 Å². The molecule has 0 aromatic heterocycles. The maximum absolute atomic E-state index is 9.72. The average molecular weight is 339 g/mol. The molecule has 0 aliphatic rings. The van der Waals surface area contributed by atoms with Gasteiger partial charge < -0.3 is 15.3 Å². The van der Waals surface area contributed by atoms with Crippen LogP contribution in [0.15, 0.2) is 0 Å². The molecule has 0 bridgehead atoms. The fourth-order valence-corrected chi connectivity index (χ4v) is 4.72. The monoisotopic (exact) mass is 340 g/mol. The Morgan fingerprint density at radius 3 is 1.50 bits per heavy atom. The molecule has 0 aromatic carbocycles. The topological polar surface area (TPSA) is 94.8 Å². The Bertz CT molecular complexity index is 209. The molecule has 0 aromatic rings. The Morgan fingerprint density at radius 1 is 1.06 bits per heavy atom. The van der Waals surface area contributed by atoms with Crippen molar-refractivity contribution in [1.82, 2.24) is 0 Å². The zero-order valence-electron chi connectivity index (χ0n) is 10.1. The molecule has 0 aliphatic carbocycles. The number of carboxylic acids is 2. The Labute approximate surface area is 106 Å². The molecule has 0 saturated carbocycles. The van der Waals surface area contributed by atoms with E-state index >= 15 is 0 Å². The summed E-state index contributed by atoms with van der Waals surface area (Å²) in [5.41, 5.74) is 0. The van der Waals surface area contributed by atoms with Crippen LogP contribution < -0.4 is 0 Å². The second-order valence-electron chi connectivity index (χ2n) is 3.93. The van der Waals surface area contributed by atoms with Gasteiger partial charge in [0.1, 0.15) is 0 Å². The van der Waals surface area contributed by atoms with E-state index in [1.54, 1.807) is 0 Å². The minimum atomic E-state index is -1.79. The van der Waals surface area contributed by atoms with Crippen molar-refractivity contribution in [1.29, 1.82) is 0 Å². The zero-order valence-corrected chi connectivity index (χ0v) is 13.0. The van der Waals surface area contributed by atoms with Crippen molar-refractivity contribution < 1.29 is 24.9 Å². The van der Waals surface area contributed by atoms with Gasteiger partial charge in [-0.2, -0.15) is 0 Å². The van der Waals surface area contributed by atoms with Gasteiger partial charge in [-0.3, -0.25) is 4.79 Å². The maximum atomic E-state index is 9.72. The predicted molar refractivity (Wildman–Crippen MR) is 61.8 cm³/mol. The number of aliphatic hydroxyl groups is 1. The second-order valence-corrected chi connectivity index (χ2v) is 11.5. The van der Waals surface area contributed by atoms with E-state index in [1.165, 1.54) is 0 Å². The number of carboxylic acid groups (broad SMARTS) is 2. The molecule has 0 fully saturated rings. The third kappa shape index (κ3) is 16.1. The van der Waals surface area contributed by atoms with Crippen LogP contribution in [0.25, 0.3) is 0 Å². The molecule has 0 spiro atoms.